The second kappa shape index (κ2) is 8.29. The summed E-state index contributed by atoms with van der Waals surface area (Å²) in [4.78, 5) is 13.2. The molecule has 2 heterocycles. The van der Waals surface area contributed by atoms with Gasteiger partial charge in [0.25, 0.3) is 0 Å². The summed E-state index contributed by atoms with van der Waals surface area (Å²) in [5, 5.41) is 21.8. The molecule has 1 aromatic rings. The van der Waals surface area contributed by atoms with Crippen LogP contribution in [0.5, 0.6) is 0 Å². The van der Waals surface area contributed by atoms with Gasteiger partial charge in [-0.1, -0.05) is 32.0 Å². The van der Waals surface area contributed by atoms with Gasteiger partial charge in [0, 0.05) is 20.1 Å². The summed E-state index contributed by atoms with van der Waals surface area (Å²) in [6, 6.07) is 8.10. The highest BCUT2D eigenvalue weighted by molar-refractivity contribution is 7.92. The second-order valence-corrected chi connectivity index (χ2v) is 13.4. The van der Waals surface area contributed by atoms with E-state index in [1.165, 1.54) is 12.1 Å². The molecule has 5 rings (SSSR count). The molecule has 9 atom stereocenters. The average molecular weight is 493 g/mol. The van der Waals surface area contributed by atoms with Crippen molar-refractivity contribution in [2.24, 2.45) is 35.0 Å². The Balaban J connectivity index is 1.64. The molecular weight excluding hydrogens is 456 g/mol. The van der Waals surface area contributed by atoms with E-state index in [4.69, 9.17) is 9.47 Å². The van der Waals surface area contributed by atoms with Crippen molar-refractivity contribution < 1.29 is 32.9 Å². The Hall–Kier alpha value is -1.48. The lowest BCUT2D eigenvalue weighted by Crippen LogP contribution is -2.65. The first kappa shape index (κ1) is 24.2. The molecule has 2 aliphatic carbocycles. The van der Waals surface area contributed by atoms with Crippen molar-refractivity contribution in [1.82, 2.24) is 0 Å². The molecule has 2 saturated heterocycles. The quantitative estimate of drug-likeness (QED) is 0.628. The molecule has 1 aromatic carbocycles. The largest absolute Gasteiger partial charge is 0.481 e. The number of rotatable bonds is 6. The van der Waals surface area contributed by atoms with Crippen LogP contribution in [0.25, 0.3) is 0 Å². The monoisotopic (exact) mass is 492 g/mol. The van der Waals surface area contributed by atoms with Gasteiger partial charge < -0.3 is 19.7 Å². The maximum absolute atomic E-state index is 13.7. The lowest BCUT2D eigenvalue weighted by Gasteiger charge is -2.50. The molecule has 7 nitrogen and oxygen atoms in total. The molecular formula is C26H36O7S. The molecule has 0 aromatic heterocycles. The number of aliphatic hydroxyl groups is 1. The second-order valence-electron chi connectivity index (χ2n) is 11.2. The summed E-state index contributed by atoms with van der Waals surface area (Å²) in [5.41, 5.74) is -3.53. The van der Waals surface area contributed by atoms with Gasteiger partial charge in [-0.05, 0) is 67.4 Å². The highest BCUT2D eigenvalue weighted by Crippen LogP contribution is 2.67. The molecule has 0 radical (unpaired) electrons. The number of carboxylic acids is 1. The van der Waals surface area contributed by atoms with E-state index < -0.39 is 38.2 Å². The Morgan fingerprint density at radius 1 is 1.18 bits per heavy atom. The van der Waals surface area contributed by atoms with Crippen LogP contribution in [0.4, 0.5) is 0 Å². The molecule has 34 heavy (non-hydrogen) atoms. The van der Waals surface area contributed by atoms with Gasteiger partial charge in [-0.15, -0.1) is 0 Å². The topological polar surface area (TPSA) is 110 Å². The third-order valence-electron chi connectivity index (χ3n) is 9.62. The van der Waals surface area contributed by atoms with E-state index in [2.05, 4.69) is 13.8 Å². The molecule has 2 bridgehead atoms. The normalized spacial score (nSPS) is 43.5. The Labute approximate surface area is 201 Å². The number of carboxylic acid groups (broad SMARTS) is 1. The van der Waals surface area contributed by atoms with Crippen molar-refractivity contribution in [3.05, 3.63) is 30.3 Å². The Bertz CT molecular complexity index is 1040. The van der Waals surface area contributed by atoms with Crippen LogP contribution in [0.1, 0.15) is 46.0 Å². The van der Waals surface area contributed by atoms with Gasteiger partial charge in [0.15, 0.2) is 9.84 Å². The minimum absolute atomic E-state index is 0.0265. The van der Waals surface area contributed by atoms with E-state index in [1.54, 1.807) is 25.3 Å². The number of hydrogen-bond donors (Lipinski definition) is 2. The maximum atomic E-state index is 13.7. The summed E-state index contributed by atoms with van der Waals surface area (Å²) in [6.07, 6.45) is 1.07. The van der Waals surface area contributed by atoms with Gasteiger partial charge in [0.2, 0.25) is 0 Å². The summed E-state index contributed by atoms with van der Waals surface area (Å²) < 4.78 is 39.5. The predicted octanol–water partition coefficient (Wildman–Crippen LogP) is 3.16. The zero-order valence-corrected chi connectivity index (χ0v) is 20.9. The predicted molar refractivity (Wildman–Crippen MR) is 125 cm³/mol. The van der Waals surface area contributed by atoms with E-state index in [0.717, 1.165) is 12.8 Å². The fourth-order valence-corrected chi connectivity index (χ4v) is 10.4. The SMILES string of the molecule is COC[C@H]1CC[C@H](C(C)C)[C@@H]2[C@H]1[C@H]1C[C@]3(O)[C@H](S(=O)(=O)c4ccccc4)CC[C@]3(C(=O)O)[C@@H]2O1. The summed E-state index contributed by atoms with van der Waals surface area (Å²) in [7, 11) is -2.26. The third-order valence-corrected chi connectivity index (χ3v) is 11.9. The maximum Gasteiger partial charge on any atom is 0.315 e. The van der Waals surface area contributed by atoms with Gasteiger partial charge in [0.05, 0.1) is 22.4 Å². The fraction of sp³-hybridized carbons (Fsp3) is 0.731. The molecule has 2 saturated carbocycles. The molecule has 2 aliphatic heterocycles. The number of hydrogen-bond acceptors (Lipinski definition) is 6. The van der Waals surface area contributed by atoms with Gasteiger partial charge in [-0.2, -0.15) is 0 Å². The number of carbonyl (C=O) groups is 1. The van der Waals surface area contributed by atoms with Crippen LogP contribution in [-0.2, 0) is 24.1 Å². The van der Waals surface area contributed by atoms with Crippen molar-refractivity contribution in [3.8, 4) is 0 Å². The fourth-order valence-electron chi connectivity index (χ4n) is 8.26. The Kier molecular flexibility index (Phi) is 5.90. The van der Waals surface area contributed by atoms with Crippen LogP contribution in [0.15, 0.2) is 35.2 Å². The zero-order chi connectivity index (χ0) is 24.5. The van der Waals surface area contributed by atoms with Crippen molar-refractivity contribution in [2.75, 3.05) is 13.7 Å². The van der Waals surface area contributed by atoms with Gasteiger partial charge in [-0.25, -0.2) is 8.42 Å². The smallest absolute Gasteiger partial charge is 0.315 e. The minimum atomic E-state index is -3.94. The van der Waals surface area contributed by atoms with E-state index in [-0.39, 0.29) is 53.9 Å². The first-order valence-electron chi connectivity index (χ1n) is 12.5. The number of sulfone groups is 1. The summed E-state index contributed by atoms with van der Waals surface area (Å²) in [6.45, 7) is 4.89. The van der Waals surface area contributed by atoms with Crippen LogP contribution < -0.4 is 0 Å². The standard InChI is InChI=1S/C26H36O7S/c1-15(2)18-10-9-16(14-32-3)21-19-13-26(29)20(34(30,31)17-7-5-4-6-8-17)11-12-25(26,24(27)28)23(33-19)22(18)21/h4-8,15-16,18-23,29H,9-14H2,1-3H3,(H,27,28)/t16-,18-,19-,20-,21-,22-,23-,25-,26+/m1/s1. The summed E-state index contributed by atoms with van der Waals surface area (Å²) >= 11 is 0. The highest BCUT2D eigenvalue weighted by Gasteiger charge is 2.78. The Morgan fingerprint density at radius 2 is 1.88 bits per heavy atom. The average Bonchev–Trinajstić information content (AvgIpc) is 3.30. The number of benzene rings is 1. The lowest BCUT2D eigenvalue weighted by molar-refractivity contribution is -0.219. The van der Waals surface area contributed by atoms with Gasteiger partial charge >= 0.3 is 5.97 Å². The van der Waals surface area contributed by atoms with Gasteiger partial charge in [0.1, 0.15) is 11.0 Å². The van der Waals surface area contributed by atoms with Crippen LogP contribution >= 0.6 is 0 Å². The number of fused-ring (bicyclic) bond motifs is 7. The van der Waals surface area contributed by atoms with Crippen molar-refractivity contribution in [3.63, 3.8) is 0 Å². The lowest BCUT2D eigenvalue weighted by atomic mass is 9.58. The number of methoxy groups -OCH3 is 1. The van der Waals surface area contributed by atoms with E-state index in [9.17, 15) is 23.4 Å². The molecule has 8 heteroatoms. The third kappa shape index (κ3) is 3.11. The molecule has 188 valence electrons. The molecule has 4 aliphatic rings. The van der Waals surface area contributed by atoms with Crippen molar-refractivity contribution >= 4 is 15.8 Å². The van der Waals surface area contributed by atoms with Crippen molar-refractivity contribution in [1.29, 1.82) is 0 Å². The molecule has 0 spiro atoms. The number of ether oxygens (including phenoxy) is 2. The highest BCUT2D eigenvalue weighted by atomic mass is 32.2. The molecule has 0 unspecified atom stereocenters. The molecule has 4 fully saturated rings. The van der Waals surface area contributed by atoms with Crippen LogP contribution in [0.2, 0.25) is 0 Å². The van der Waals surface area contributed by atoms with E-state index in [1.807, 2.05) is 0 Å². The minimum Gasteiger partial charge on any atom is -0.481 e. The van der Waals surface area contributed by atoms with Crippen LogP contribution in [0, 0.1) is 35.0 Å². The van der Waals surface area contributed by atoms with E-state index >= 15 is 0 Å². The van der Waals surface area contributed by atoms with E-state index in [0.29, 0.717) is 12.5 Å². The van der Waals surface area contributed by atoms with Crippen LogP contribution in [-0.4, -0.2) is 61.4 Å². The van der Waals surface area contributed by atoms with Crippen molar-refractivity contribution in [2.45, 2.75) is 73.9 Å². The molecule has 2 N–H and O–H groups in total. The first-order valence-corrected chi connectivity index (χ1v) is 14.0. The Morgan fingerprint density at radius 3 is 2.50 bits per heavy atom. The summed E-state index contributed by atoms with van der Waals surface area (Å²) in [5.74, 6) is -0.322. The van der Waals surface area contributed by atoms with Crippen LogP contribution in [0.3, 0.4) is 0 Å². The number of aliphatic carboxylic acids is 1. The molecule has 0 amide bonds. The van der Waals surface area contributed by atoms with Gasteiger partial charge in [-0.3, -0.25) is 4.79 Å². The zero-order valence-electron chi connectivity index (χ0n) is 20.1. The first-order chi connectivity index (χ1) is 16.1.